The number of H-pyrrole nitrogens is 1. The molecule has 142 valence electrons. The number of carboxylic acid groups (broad SMARTS) is 1. The Bertz CT molecular complexity index is 924. The van der Waals surface area contributed by atoms with Crippen LogP contribution < -0.4 is 10.6 Å². The number of carbonyl (C=O) groups is 2. The van der Waals surface area contributed by atoms with E-state index in [0.717, 1.165) is 21.5 Å². The molecule has 0 aliphatic carbocycles. The van der Waals surface area contributed by atoms with Crippen LogP contribution in [0.15, 0.2) is 36.8 Å². The Labute approximate surface area is 164 Å². The number of carbonyl (C=O) groups excluding carboxylic acids is 1. The molecular formula is C18H20N4O3S2. The Morgan fingerprint density at radius 3 is 2.96 bits per heavy atom. The summed E-state index contributed by atoms with van der Waals surface area (Å²) in [6.07, 6.45) is 5.68. The predicted octanol–water partition coefficient (Wildman–Crippen LogP) is 3.17. The Kier molecular flexibility index (Phi) is 6.36. The van der Waals surface area contributed by atoms with Gasteiger partial charge in [0.05, 0.1) is 23.4 Å². The molecule has 0 unspecified atom stereocenters. The number of benzene rings is 1. The van der Waals surface area contributed by atoms with Crippen LogP contribution in [0.2, 0.25) is 0 Å². The van der Waals surface area contributed by atoms with Crippen molar-refractivity contribution in [3.05, 3.63) is 47.4 Å². The monoisotopic (exact) mass is 404 g/mol. The van der Waals surface area contributed by atoms with Gasteiger partial charge in [0.2, 0.25) is 0 Å². The van der Waals surface area contributed by atoms with Gasteiger partial charge in [-0.25, -0.2) is 9.78 Å². The van der Waals surface area contributed by atoms with E-state index in [1.807, 2.05) is 24.5 Å². The molecule has 0 saturated carbocycles. The highest BCUT2D eigenvalue weighted by Crippen LogP contribution is 2.31. The summed E-state index contributed by atoms with van der Waals surface area (Å²) in [5, 5.41) is 16.2. The van der Waals surface area contributed by atoms with Crippen molar-refractivity contribution in [2.45, 2.75) is 19.0 Å². The third-order valence-electron chi connectivity index (χ3n) is 4.02. The van der Waals surface area contributed by atoms with Gasteiger partial charge in [-0.1, -0.05) is 6.07 Å². The number of hydrogen-bond donors (Lipinski definition) is 4. The third-order valence-corrected chi connectivity index (χ3v) is 5.77. The number of amides is 1. The van der Waals surface area contributed by atoms with Gasteiger partial charge in [-0.05, 0) is 36.6 Å². The summed E-state index contributed by atoms with van der Waals surface area (Å²) in [5.74, 6) is -0.699. The topological polar surface area (TPSA) is 107 Å². The maximum absolute atomic E-state index is 12.5. The summed E-state index contributed by atoms with van der Waals surface area (Å²) in [6.45, 7) is 0.590. The van der Waals surface area contributed by atoms with Crippen LogP contribution in [0.5, 0.6) is 0 Å². The Balaban J connectivity index is 1.76. The van der Waals surface area contributed by atoms with Gasteiger partial charge < -0.3 is 20.7 Å². The van der Waals surface area contributed by atoms with Crippen LogP contribution in [0.25, 0.3) is 10.1 Å². The van der Waals surface area contributed by atoms with Gasteiger partial charge >= 0.3 is 5.97 Å². The molecule has 0 fully saturated rings. The molecule has 2 heterocycles. The molecule has 4 N–H and O–H groups in total. The quantitative estimate of drug-likeness (QED) is 0.436. The average molecular weight is 405 g/mol. The molecule has 0 radical (unpaired) electrons. The lowest BCUT2D eigenvalue weighted by atomic mass is 10.2. The van der Waals surface area contributed by atoms with Crippen molar-refractivity contribution >= 4 is 50.7 Å². The van der Waals surface area contributed by atoms with Crippen molar-refractivity contribution in [2.75, 3.05) is 17.3 Å². The fraction of sp³-hybridized carbons (Fsp3) is 0.278. The molecule has 9 heteroatoms. The van der Waals surface area contributed by atoms with E-state index in [1.165, 1.54) is 11.3 Å². The summed E-state index contributed by atoms with van der Waals surface area (Å²) in [7, 11) is 0. The number of hydrogen-bond acceptors (Lipinski definition) is 6. The third kappa shape index (κ3) is 4.81. The summed E-state index contributed by atoms with van der Waals surface area (Å²) < 4.78 is 0.964. The van der Waals surface area contributed by atoms with Crippen LogP contribution in [0, 0.1) is 0 Å². The second-order valence-electron chi connectivity index (χ2n) is 5.90. The number of rotatable bonds is 9. The normalized spacial score (nSPS) is 12.0. The Morgan fingerprint density at radius 2 is 2.26 bits per heavy atom. The van der Waals surface area contributed by atoms with Crippen molar-refractivity contribution in [3.8, 4) is 0 Å². The number of imidazole rings is 1. The van der Waals surface area contributed by atoms with Crippen molar-refractivity contribution < 1.29 is 14.7 Å². The van der Waals surface area contributed by atoms with Gasteiger partial charge in [0.25, 0.3) is 5.91 Å². The minimum absolute atomic E-state index is 0.357. The molecule has 3 rings (SSSR count). The Hall–Kier alpha value is -2.52. The van der Waals surface area contributed by atoms with E-state index in [-0.39, 0.29) is 5.91 Å². The minimum atomic E-state index is -1.01. The van der Waals surface area contributed by atoms with Crippen LogP contribution in [0.4, 0.5) is 5.69 Å². The van der Waals surface area contributed by atoms with E-state index in [2.05, 4.69) is 20.6 Å². The number of aliphatic carboxylic acids is 1. The standard InChI is InChI=1S/C18H20N4O3S2/c1-26-6-5-14(18(24)25)22-17(23)16-7-12-13(3-2-4-15(12)27-16)20-9-11-8-19-10-21-11/h2-4,7-8,10,14,20H,5-6,9H2,1H3,(H,19,21)(H,22,23)(H,24,25)/t14-/m0/s1. The summed E-state index contributed by atoms with van der Waals surface area (Å²) in [5.41, 5.74) is 1.87. The van der Waals surface area contributed by atoms with Crippen LogP contribution >= 0.6 is 23.1 Å². The average Bonchev–Trinajstić information content (AvgIpc) is 3.32. The number of aromatic amines is 1. The maximum atomic E-state index is 12.5. The molecule has 1 aromatic carbocycles. The van der Waals surface area contributed by atoms with Crippen LogP contribution in [0.1, 0.15) is 21.8 Å². The number of carboxylic acids is 1. The molecule has 0 bridgehead atoms. The molecule has 27 heavy (non-hydrogen) atoms. The molecule has 1 amide bonds. The number of thioether (sulfide) groups is 1. The first-order valence-electron chi connectivity index (χ1n) is 8.34. The summed E-state index contributed by atoms with van der Waals surface area (Å²) >= 11 is 2.90. The molecule has 0 saturated heterocycles. The van der Waals surface area contributed by atoms with Gasteiger partial charge in [0.15, 0.2) is 0 Å². The van der Waals surface area contributed by atoms with E-state index in [9.17, 15) is 14.7 Å². The summed E-state index contributed by atoms with van der Waals surface area (Å²) in [4.78, 5) is 31.4. The highest BCUT2D eigenvalue weighted by Gasteiger charge is 2.21. The smallest absolute Gasteiger partial charge is 0.326 e. The van der Waals surface area contributed by atoms with Crippen LogP contribution in [0.3, 0.4) is 0 Å². The number of aromatic nitrogens is 2. The molecule has 0 aliphatic heterocycles. The Morgan fingerprint density at radius 1 is 1.41 bits per heavy atom. The molecule has 3 aromatic rings. The van der Waals surface area contributed by atoms with Crippen molar-refractivity contribution in [1.82, 2.24) is 15.3 Å². The number of nitrogens with one attached hydrogen (secondary N) is 3. The van der Waals surface area contributed by atoms with Crippen LogP contribution in [-0.2, 0) is 11.3 Å². The molecule has 0 aliphatic rings. The zero-order chi connectivity index (χ0) is 19.2. The molecule has 0 spiro atoms. The fourth-order valence-electron chi connectivity index (χ4n) is 2.62. The SMILES string of the molecule is CSCC[C@H](NC(=O)c1cc2c(NCc3cnc[nH]3)cccc2s1)C(=O)O. The number of anilines is 1. The number of fused-ring (bicyclic) bond motifs is 1. The van der Waals surface area contributed by atoms with Crippen molar-refractivity contribution in [3.63, 3.8) is 0 Å². The van der Waals surface area contributed by atoms with Gasteiger partial charge in [-0.15, -0.1) is 11.3 Å². The van der Waals surface area contributed by atoms with E-state index in [0.29, 0.717) is 23.6 Å². The highest BCUT2D eigenvalue weighted by atomic mass is 32.2. The molecule has 2 aromatic heterocycles. The lowest BCUT2D eigenvalue weighted by Gasteiger charge is -2.12. The van der Waals surface area contributed by atoms with Gasteiger partial charge in [0, 0.05) is 22.0 Å². The van der Waals surface area contributed by atoms with E-state index in [1.54, 1.807) is 30.4 Å². The first-order chi connectivity index (χ1) is 13.1. The summed E-state index contributed by atoms with van der Waals surface area (Å²) in [6, 6.07) is 6.74. The van der Waals surface area contributed by atoms with Gasteiger partial charge in [-0.3, -0.25) is 4.79 Å². The van der Waals surface area contributed by atoms with E-state index < -0.39 is 12.0 Å². The highest BCUT2D eigenvalue weighted by molar-refractivity contribution is 7.98. The number of thiophene rings is 1. The molecule has 1 atom stereocenters. The zero-order valence-electron chi connectivity index (χ0n) is 14.7. The second kappa shape index (κ2) is 8.92. The fourth-order valence-corrected chi connectivity index (χ4v) is 4.08. The predicted molar refractivity (Wildman–Crippen MR) is 110 cm³/mol. The van der Waals surface area contributed by atoms with Crippen molar-refractivity contribution in [1.29, 1.82) is 0 Å². The maximum Gasteiger partial charge on any atom is 0.326 e. The van der Waals surface area contributed by atoms with Gasteiger partial charge in [0.1, 0.15) is 6.04 Å². The molecule has 7 nitrogen and oxygen atoms in total. The van der Waals surface area contributed by atoms with E-state index in [4.69, 9.17) is 0 Å². The lowest BCUT2D eigenvalue weighted by Crippen LogP contribution is -2.40. The number of nitrogens with zero attached hydrogens (tertiary/aromatic N) is 1. The zero-order valence-corrected chi connectivity index (χ0v) is 16.3. The van der Waals surface area contributed by atoms with Gasteiger partial charge in [-0.2, -0.15) is 11.8 Å². The molecular weight excluding hydrogens is 384 g/mol. The largest absolute Gasteiger partial charge is 0.480 e. The first-order valence-corrected chi connectivity index (χ1v) is 10.6. The lowest BCUT2D eigenvalue weighted by molar-refractivity contribution is -0.139. The minimum Gasteiger partial charge on any atom is -0.480 e. The van der Waals surface area contributed by atoms with E-state index >= 15 is 0 Å². The first kappa shape index (κ1) is 19.2. The second-order valence-corrected chi connectivity index (χ2v) is 7.97. The van der Waals surface area contributed by atoms with Crippen LogP contribution in [-0.4, -0.2) is 45.0 Å². The van der Waals surface area contributed by atoms with Crippen molar-refractivity contribution in [2.24, 2.45) is 0 Å².